The fourth-order valence-electron chi connectivity index (χ4n) is 3.55. The standard InChI is InChI=1S/C27H39N3O3.3C2H6/c1-4-7-9-11-17-30(18-12-10-8-5-2)24-15-13-23(14-16-24)25(21-28)26(22-29)27(31)33-20-19-32-6-3;3*1-2/h13-16H,4-12,17-20H2,1-3H3;3*1-2H3/b26-25-;;;. The molecule has 0 saturated heterocycles. The van der Waals surface area contributed by atoms with Gasteiger partial charge < -0.3 is 14.4 Å². The van der Waals surface area contributed by atoms with E-state index in [2.05, 4.69) is 18.7 Å². The summed E-state index contributed by atoms with van der Waals surface area (Å²) in [4.78, 5) is 14.7. The summed E-state index contributed by atoms with van der Waals surface area (Å²) in [6.07, 6.45) is 9.66. The van der Waals surface area contributed by atoms with Gasteiger partial charge in [0.2, 0.25) is 0 Å². The summed E-state index contributed by atoms with van der Waals surface area (Å²) in [7, 11) is 0. The normalized spacial score (nSPS) is 10.0. The third kappa shape index (κ3) is 19.0. The summed E-state index contributed by atoms with van der Waals surface area (Å²) in [5, 5.41) is 19.1. The highest BCUT2D eigenvalue weighted by molar-refractivity contribution is 6.04. The molecule has 6 nitrogen and oxygen atoms in total. The highest BCUT2D eigenvalue weighted by atomic mass is 16.6. The van der Waals surface area contributed by atoms with E-state index in [0.717, 1.165) is 31.6 Å². The lowest BCUT2D eigenvalue weighted by molar-refractivity contribution is -0.139. The Morgan fingerprint density at radius 2 is 1.26 bits per heavy atom. The molecule has 0 amide bonds. The molecule has 0 saturated carbocycles. The molecule has 1 aromatic rings. The molecule has 0 aliphatic heterocycles. The lowest BCUT2D eigenvalue weighted by atomic mass is 10.0. The molecule has 0 aliphatic rings. The second-order valence-electron chi connectivity index (χ2n) is 7.96. The SMILES string of the molecule is CC.CC.CC.CCCCCCN(CCCCCC)c1ccc(/C(C#N)=C(/C#N)C(=O)OCCOCC)cc1. The molecule has 6 heteroatoms. The van der Waals surface area contributed by atoms with Crippen LogP contribution in [0.4, 0.5) is 5.69 Å². The molecule has 0 radical (unpaired) electrons. The van der Waals surface area contributed by atoms with Crippen molar-refractivity contribution in [3.05, 3.63) is 35.4 Å². The Labute approximate surface area is 241 Å². The molecule has 0 N–H and O–H groups in total. The van der Waals surface area contributed by atoms with Crippen LogP contribution in [0, 0.1) is 22.7 Å². The van der Waals surface area contributed by atoms with Crippen LogP contribution in [-0.4, -0.2) is 38.9 Å². The largest absolute Gasteiger partial charge is 0.459 e. The topological polar surface area (TPSA) is 86.4 Å². The zero-order valence-electron chi connectivity index (χ0n) is 26.6. The molecular weight excluding hydrogens is 486 g/mol. The van der Waals surface area contributed by atoms with Crippen molar-refractivity contribution in [1.29, 1.82) is 10.5 Å². The van der Waals surface area contributed by atoms with Crippen LogP contribution in [0.5, 0.6) is 0 Å². The molecule has 1 rings (SSSR count). The molecule has 0 aromatic heterocycles. The van der Waals surface area contributed by atoms with Crippen molar-refractivity contribution in [2.24, 2.45) is 0 Å². The quantitative estimate of drug-likeness (QED) is 0.0842. The molecule has 0 bridgehead atoms. The lowest BCUT2D eigenvalue weighted by Gasteiger charge is -2.25. The van der Waals surface area contributed by atoms with Crippen molar-refractivity contribution in [3.63, 3.8) is 0 Å². The van der Waals surface area contributed by atoms with E-state index in [4.69, 9.17) is 9.47 Å². The van der Waals surface area contributed by atoms with Gasteiger partial charge in [-0.05, 0) is 37.5 Å². The third-order valence-electron chi connectivity index (χ3n) is 5.43. The molecule has 0 atom stereocenters. The van der Waals surface area contributed by atoms with Crippen molar-refractivity contribution in [2.45, 2.75) is 114 Å². The van der Waals surface area contributed by atoms with E-state index in [1.165, 1.54) is 38.5 Å². The van der Waals surface area contributed by atoms with Crippen LogP contribution in [-0.2, 0) is 14.3 Å². The fourth-order valence-corrected chi connectivity index (χ4v) is 3.55. The minimum absolute atomic E-state index is 0.0305. The number of hydrogen-bond acceptors (Lipinski definition) is 6. The molecule has 0 aliphatic carbocycles. The number of nitriles is 2. The van der Waals surface area contributed by atoms with Gasteiger partial charge in [0.05, 0.1) is 12.2 Å². The van der Waals surface area contributed by atoms with Crippen LogP contribution in [0.2, 0.25) is 0 Å². The number of unbranched alkanes of at least 4 members (excludes halogenated alkanes) is 6. The first-order valence-corrected chi connectivity index (χ1v) is 15.3. The van der Waals surface area contributed by atoms with E-state index in [1.807, 2.05) is 84.9 Å². The van der Waals surface area contributed by atoms with Crippen molar-refractivity contribution < 1.29 is 14.3 Å². The van der Waals surface area contributed by atoms with E-state index in [0.29, 0.717) is 12.2 Å². The van der Waals surface area contributed by atoms with E-state index in [1.54, 1.807) is 0 Å². The maximum atomic E-state index is 12.3. The van der Waals surface area contributed by atoms with Gasteiger partial charge in [-0.15, -0.1) is 0 Å². The molecule has 0 unspecified atom stereocenters. The average molecular weight is 544 g/mol. The molecule has 222 valence electrons. The Hall–Kier alpha value is -2.83. The Balaban J connectivity index is -0.00000201. The van der Waals surface area contributed by atoms with Gasteiger partial charge >= 0.3 is 5.97 Å². The number of hydrogen-bond donors (Lipinski definition) is 0. The Morgan fingerprint density at radius 1 is 0.744 bits per heavy atom. The van der Waals surface area contributed by atoms with Crippen LogP contribution in [0.1, 0.15) is 119 Å². The summed E-state index contributed by atoms with van der Waals surface area (Å²) >= 11 is 0. The Morgan fingerprint density at radius 3 is 1.67 bits per heavy atom. The van der Waals surface area contributed by atoms with Gasteiger partial charge in [0.1, 0.15) is 18.7 Å². The van der Waals surface area contributed by atoms with E-state index < -0.39 is 5.97 Å². The van der Waals surface area contributed by atoms with Crippen molar-refractivity contribution in [2.75, 3.05) is 37.8 Å². The zero-order valence-corrected chi connectivity index (χ0v) is 26.6. The molecule has 0 spiro atoms. The first kappa shape index (κ1) is 40.7. The average Bonchev–Trinajstić information content (AvgIpc) is 3.00. The maximum absolute atomic E-state index is 12.3. The number of benzene rings is 1. The van der Waals surface area contributed by atoms with Gasteiger partial charge in [0, 0.05) is 25.4 Å². The number of ether oxygens (including phenoxy) is 2. The van der Waals surface area contributed by atoms with Crippen molar-refractivity contribution in [1.82, 2.24) is 0 Å². The minimum atomic E-state index is -0.800. The predicted molar refractivity (Wildman–Crippen MR) is 167 cm³/mol. The van der Waals surface area contributed by atoms with Gasteiger partial charge in [0.15, 0.2) is 5.57 Å². The van der Waals surface area contributed by atoms with Gasteiger partial charge in [0.25, 0.3) is 0 Å². The summed E-state index contributed by atoms with van der Waals surface area (Å²) in [5.41, 5.74) is 1.39. The highest BCUT2D eigenvalue weighted by Gasteiger charge is 2.19. The zero-order chi connectivity index (χ0) is 30.3. The maximum Gasteiger partial charge on any atom is 0.350 e. The minimum Gasteiger partial charge on any atom is -0.459 e. The van der Waals surface area contributed by atoms with Crippen molar-refractivity contribution in [3.8, 4) is 12.1 Å². The lowest BCUT2D eigenvalue weighted by Crippen LogP contribution is -2.25. The highest BCUT2D eigenvalue weighted by Crippen LogP contribution is 2.24. The Kier molecular flexibility index (Phi) is 32.7. The van der Waals surface area contributed by atoms with Crippen LogP contribution in [0.25, 0.3) is 5.57 Å². The first-order chi connectivity index (χ1) is 19.1. The summed E-state index contributed by atoms with van der Waals surface area (Å²) in [5.74, 6) is -0.800. The second kappa shape index (κ2) is 31.4. The summed E-state index contributed by atoms with van der Waals surface area (Å²) in [6.45, 7) is 21.1. The first-order valence-electron chi connectivity index (χ1n) is 15.3. The van der Waals surface area contributed by atoms with Crippen LogP contribution in [0.15, 0.2) is 29.8 Å². The Bertz CT molecular complexity index is 793. The van der Waals surface area contributed by atoms with E-state index >= 15 is 0 Å². The smallest absolute Gasteiger partial charge is 0.350 e. The van der Waals surface area contributed by atoms with Gasteiger partial charge in [-0.2, -0.15) is 10.5 Å². The van der Waals surface area contributed by atoms with Gasteiger partial charge in [-0.25, -0.2) is 4.79 Å². The molecule has 1 aromatic carbocycles. The predicted octanol–water partition coefficient (Wildman–Crippen LogP) is 9.11. The number of rotatable bonds is 17. The fraction of sp³-hybridized carbons (Fsp3) is 0.667. The molecule has 39 heavy (non-hydrogen) atoms. The number of carbonyl (C=O) groups is 1. The number of esters is 1. The van der Waals surface area contributed by atoms with Gasteiger partial charge in [-0.3, -0.25) is 0 Å². The third-order valence-corrected chi connectivity index (χ3v) is 5.43. The molecule has 0 heterocycles. The second-order valence-corrected chi connectivity index (χ2v) is 7.96. The summed E-state index contributed by atoms with van der Waals surface area (Å²) in [6, 6.07) is 11.4. The van der Waals surface area contributed by atoms with Gasteiger partial charge in [-0.1, -0.05) is 106 Å². The number of allylic oxidation sites excluding steroid dienone is 1. The van der Waals surface area contributed by atoms with E-state index in [-0.39, 0.29) is 24.4 Å². The van der Waals surface area contributed by atoms with Crippen LogP contribution >= 0.6 is 0 Å². The number of nitrogens with zero attached hydrogens (tertiary/aromatic N) is 3. The van der Waals surface area contributed by atoms with Crippen LogP contribution < -0.4 is 4.90 Å². The molecular formula is C33H57N3O3. The molecule has 0 fully saturated rings. The monoisotopic (exact) mass is 543 g/mol. The number of carbonyl (C=O) groups excluding carboxylic acids is 1. The van der Waals surface area contributed by atoms with E-state index in [9.17, 15) is 15.3 Å². The van der Waals surface area contributed by atoms with Crippen LogP contribution in [0.3, 0.4) is 0 Å². The number of anilines is 1. The van der Waals surface area contributed by atoms with Crippen molar-refractivity contribution >= 4 is 17.2 Å². The summed E-state index contributed by atoms with van der Waals surface area (Å²) < 4.78 is 10.2.